The quantitative estimate of drug-likeness (QED) is 0.889. The molecule has 0 radical (unpaired) electrons. The zero-order valence-corrected chi connectivity index (χ0v) is 11.9. The molecular formula is C13H13Cl2N3O. The Labute approximate surface area is 121 Å². The van der Waals surface area contributed by atoms with Gasteiger partial charge in [0, 0.05) is 6.54 Å². The standard InChI is InChI=1S/C13H13Cl2N3O/c1-2-7-16-13-17-8-10(15)12(18-13)19-11-6-4-3-5-9(11)14/h3-6,8H,2,7H2,1H3,(H,16,17,18). The Morgan fingerprint density at radius 1 is 1.21 bits per heavy atom. The van der Waals surface area contributed by atoms with Gasteiger partial charge in [-0.25, -0.2) is 4.98 Å². The Kier molecular flexibility index (Phi) is 4.82. The van der Waals surface area contributed by atoms with E-state index in [-0.39, 0.29) is 5.88 Å². The molecule has 19 heavy (non-hydrogen) atoms. The van der Waals surface area contributed by atoms with Crippen LogP contribution < -0.4 is 10.1 Å². The second-order valence-corrected chi connectivity index (χ2v) is 4.62. The van der Waals surface area contributed by atoms with Gasteiger partial charge in [0.15, 0.2) is 0 Å². The largest absolute Gasteiger partial charge is 0.436 e. The van der Waals surface area contributed by atoms with E-state index in [1.807, 2.05) is 12.1 Å². The Morgan fingerprint density at radius 2 is 2.00 bits per heavy atom. The van der Waals surface area contributed by atoms with Gasteiger partial charge in [-0.2, -0.15) is 4.98 Å². The van der Waals surface area contributed by atoms with Gasteiger partial charge in [0.05, 0.1) is 11.2 Å². The van der Waals surface area contributed by atoms with Crippen LogP contribution in [0.25, 0.3) is 0 Å². The van der Waals surface area contributed by atoms with Crippen LogP contribution in [0, 0.1) is 0 Å². The normalized spacial score (nSPS) is 10.3. The Hall–Kier alpha value is -1.52. The molecular weight excluding hydrogens is 285 g/mol. The molecule has 0 aliphatic carbocycles. The number of ether oxygens (including phenoxy) is 1. The second-order valence-electron chi connectivity index (χ2n) is 3.81. The first-order valence-corrected chi connectivity index (χ1v) is 6.65. The van der Waals surface area contributed by atoms with Gasteiger partial charge in [0.1, 0.15) is 10.8 Å². The molecule has 0 aliphatic heterocycles. The van der Waals surface area contributed by atoms with Crippen molar-refractivity contribution < 1.29 is 4.74 Å². The minimum Gasteiger partial charge on any atom is -0.436 e. The van der Waals surface area contributed by atoms with Crippen molar-refractivity contribution >= 4 is 29.2 Å². The summed E-state index contributed by atoms with van der Waals surface area (Å²) in [6, 6.07) is 7.14. The van der Waals surface area contributed by atoms with Crippen LogP contribution >= 0.6 is 23.2 Å². The van der Waals surface area contributed by atoms with Crippen molar-refractivity contribution in [3.63, 3.8) is 0 Å². The molecule has 0 atom stereocenters. The third-order valence-electron chi connectivity index (χ3n) is 2.29. The van der Waals surface area contributed by atoms with Crippen molar-refractivity contribution in [2.75, 3.05) is 11.9 Å². The molecule has 0 amide bonds. The molecule has 1 N–H and O–H groups in total. The van der Waals surface area contributed by atoms with Gasteiger partial charge in [-0.1, -0.05) is 42.3 Å². The molecule has 4 nitrogen and oxygen atoms in total. The number of halogens is 2. The first kappa shape index (κ1) is 13.9. The number of hydrogen-bond donors (Lipinski definition) is 1. The average molecular weight is 298 g/mol. The maximum Gasteiger partial charge on any atom is 0.243 e. The number of rotatable bonds is 5. The van der Waals surface area contributed by atoms with E-state index >= 15 is 0 Å². The van der Waals surface area contributed by atoms with Gasteiger partial charge < -0.3 is 10.1 Å². The summed E-state index contributed by atoms with van der Waals surface area (Å²) >= 11 is 12.0. The topological polar surface area (TPSA) is 47.0 Å². The van der Waals surface area contributed by atoms with E-state index in [4.69, 9.17) is 27.9 Å². The van der Waals surface area contributed by atoms with E-state index in [2.05, 4.69) is 22.2 Å². The van der Waals surface area contributed by atoms with Crippen LogP contribution in [-0.4, -0.2) is 16.5 Å². The highest BCUT2D eigenvalue weighted by Crippen LogP contribution is 2.31. The summed E-state index contributed by atoms with van der Waals surface area (Å²) in [5.74, 6) is 1.27. The highest BCUT2D eigenvalue weighted by Gasteiger charge is 2.09. The predicted molar refractivity (Wildman–Crippen MR) is 77.3 cm³/mol. The molecule has 0 saturated carbocycles. The maximum atomic E-state index is 6.02. The van der Waals surface area contributed by atoms with Crippen LogP contribution in [0.5, 0.6) is 11.6 Å². The SMILES string of the molecule is CCCNc1ncc(Cl)c(Oc2ccccc2Cl)n1. The van der Waals surface area contributed by atoms with Crippen molar-refractivity contribution in [1.29, 1.82) is 0 Å². The van der Waals surface area contributed by atoms with Crippen LogP contribution in [0.2, 0.25) is 10.0 Å². The molecule has 0 aliphatic rings. The summed E-state index contributed by atoms with van der Waals surface area (Å²) in [6.07, 6.45) is 2.48. The lowest BCUT2D eigenvalue weighted by molar-refractivity contribution is 0.463. The van der Waals surface area contributed by atoms with Gasteiger partial charge in [-0.3, -0.25) is 0 Å². The van der Waals surface area contributed by atoms with Gasteiger partial charge in [-0.05, 0) is 18.6 Å². The van der Waals surface area contributed by atoms with Gasteiger partial charge in [0.2, 0.25) is 11.8 Å². The highest BCUT2D eigenvalue weighted by atomic mass is 35.5. The lowest BCUT2D eigenvalue weighted by atomic mass is 10.3. The summed E-state index contributed by atoms with van der Waals surface area (Å²) in [5.41, 5.74) is 0. The number of nitrogens with one attached hydrogen (secondary N) is 1. The van der Waals surface area contributed by atoms with E-state index in [0.29, 0.717) is 21.7 Å². The number of aromatic nitrogens is 2. The summed E-state index contributed by atoms with van der Waals surface area (Å²) in [5, 5.41) is 3.90. The van der Waals surface area contributed by atoms with E-state index in [1.54, 1.807) is 12.1 Å². The minimum atomic E-state index is 0.281. The third kappa shape index (κ3) is 3.72. The molecule has 1 heterocycles. The smallest absolute Gasteiger partial charge is 0.243 e. The first-order chi connectivity index (χ1) is 9.20. The Balaban J connectivity index is 2.21. The zero-order chi connectivity index (χ0) is 13.7. The summed E-state index contributed by atoms with van der Waals surface area (Å²) in [4.78, 5) is 8.28. The molecule has 2 rings (SSSR count). The maximum absolute atomic E-state index is 6.02. The number of hydrogen-bond acceptors (Lipinski definition) is 4. The van der Waals surface area contributed by atoms with E-state index < -0.39 is 0 Å². The van der Waals surface area contributed by atoms with Crippen LogP contribution in [0.1, 0.15) is 13.3 Å². The summed E-state index contributed by atoms with van der Waals surface area (Å²) < 4.78 is 5.61. The van der Waals surface area contributed by atoms with Crippen LogP contribution in [0.15, 0.2) is 30.5 Å². The monoisotopic (exact) mass is 297 g/mol. The summed E-state index contributed by atoms with van der Waals surface area (Å²) in [6.45, 7) is 2.84. The lowest BCUT2D eigenvalue weighted by Crippen LogP contribution is -2.04. The highest BCUT2D eigenvalue weighted by molar-refractivity contribution is 6.32. The summed E-state index contributed by atoms with van der Waals surface area (Å²) in [7, 11) is 0. The number of nitrogens with zero attached hydrogens (tertiary/aromatic N) is 2. The fourth-order valence-corrected chi connectivity index (χ4v) is 1.68. The Morgan fingerprint density at radius 3 is 2.74 bits per heavy atom. The number of para-hydroxylation sites is 1. The molecule has 1 aromatic heterocycles. The van der Waals surface area contributed by atoms with Crippen LogP contribution in [-0.2, 0) is 0 Å². The van der Waals surface area contributed by atoms with Crippen LogP contribution in [0.4, 0.5) is 5.95 Å². The van der Waals surface area contributed by atoms with E-state index in [0.717, 1.165) is 13.0 Å². The van der Waals surface area contributed by atoms with Crippen molar-refractivity contribution in [2.24, 2.45) is 0 Å². The van der Waals surface area contributed by atoms with Crippen molar-refractivity contribution in [1.82, 2.24) is 9.97 Å². The fraction of sp³-hybridized carbons (Fsp3) is 0.231. The van der Waals surface area contributed by atoms with Gasteiger partial charge in [0.25, 0.3) is 0 Å². The average Bonchev–Trinajstić information content (AvgIpc) is 2.42. The molecule has 6 heteroatoms. The molecule has 100 valence electrons. The van der Waals surface area contributed by atoms with Gasteiger partial charge >= 0.3 is 0 Å². The third-order valence-corrected chi connectivity index (χ3v) is 2.86. The van der Waals surface area contributed by atoms with E-state index in [9.17, 15) is 0 Å². The first-order valence-electron chi connectivity index (χ1n) is 5.89. The molecule has 1 aromatic carbocycles. The molecule has 0 unspecified atom stereocenters. The second kappa shape index (κ2) is 6.59. The molecule has 0 fully saturated rings. The molecule has 0 bridgehead atoms. The van der Waals surface area contributed by atoms with Gasteiger partial charge in [-0.15, -0.1) is 0 Å². The van der Waals surface area contributed by atoms with Crippen molar-refractivity contribution in [2.45, 2.75) is 13.3 Å². The predicted octanol–water partition coefficient (Wildman–Crippen LogP) is 4.40. The lowest BCUT2D eigenvalue weighted by Gasteiger charge is -2.09. The molecule has 2 aromatic rings. The van der Waals surface area contributed by atoms with Crippen molar-refractivity contribution in [3.8, 4) is 11.6 Å². The number of benzene rings is 1. The minimum absolute atomic E-state index is 0.281. The zero-order valence-electron chi connectivity index (χ0n) is 10.4. The number of anilines is 1. The van der Waals surface area contributed by atoms with E-state index in [1.165, 1.54) is 6.20 Å². The molecule has 0 saturated heterocycles. The van der Waals surface area contributed by atoms with Crippen molar-refractivity contribution in [3.05, 3.63) is 40.5 Å². The Bertz CT molecular complexity index is 563. The fourth-order valence-electron chi connectivity index (χ4n) is 1.38. The van der Waals surface area contributed by atoms with Crippen LogP contribution in [0.3, 0.4) is 0 Å². The molecule has 0 spiro atoms.